The number of aromatic amines is 1. The van der Waals surface area contributed by atoms with E-state index in [-0.39, 0.29) is 6.04 Å². The van der Waals surface area contributed by atoms with Crippen LogP contribution in [0.4, 0.5) is 11.4 Å². The zero-order valence-corrected chi connectivity index (χ0v) is 12.0. The van der Waals surface area contributed by atoms with Crippen LogP contribution in [0.5, 0.6) is 5.75 Å². The second-order valence-electron chi connectivity index (χ2n) is 4.72. The third kappa shape index (κ3) is 3.66. The van der Waals surface area contributed by atoms with Crippen LogP contribution in [0.1, 0.15) is 38.6 Å². The number of nitrogens with zero attached hydrogens (tertiary/aromatic N) is 1. The number of hydrogen-bond acceptors (Lipinski definition) is 4. The third-order valence-corrected chi connectivity index (χ3v) is 3.00. The molecule has 0 aliphatic rings. The molecule has 5 nitrogen and oxygen atoms in total. The van der Waals surface area contributed by atoms with E-state index >= 15 is 0 Å². The molecular formula is C15H22N4O. The van der Waals surface area contributed by atoms with Gasteiger partial charge >= 0.3 is 0 Å². The molecule has 0 radical (unpaired) electrons. The van der Waals surface area contributed by atoms with Crippen LogP contribution in [-0.2, 0) is 0 Å². The maximum Gasteiger partial charge on any atom is 0.128 e. The van der Waals surface area contributed by atoms with Crippen molar-refractivity contribution in [3.8, 4) is 5.75 Å². The van der Waals surface area contributed by atoms with Crippen LogP contribution in [0.2, 0.25) is 0 Å². The number of anilines is 2. The summed E-state index contributed by atoms with van der Waals surface area (Å²) in [6.07, 6.45) is 5.48. The van der Waals surface area contributed by atoms with E-state index < -0.39 is 0 Å². The highest BCUT2D eigenvalue weighted by molar-refractivity contribution is 5.59. The Hall–Kier alpha value is -2.17. The number of imidazole rings is 1. The van der Waals surface area contributed by atoms with Crippen LogP contribution in [0.15, 0.2) is 30.6 Å². The summed E-state index contributed by atoms with van der Waals surface area (Å²) in [6, 6.07) is 5.85. The Labute approximate surface area is 119 Å². The van der Waals surface area contributed by atoms with Gasteiger partial charge < -0.3 is 20.8 Å². The number of aromatic nitrogens is 2. The predicted molar refractivity (Wildman–Crippen MR) is 81.9 cm³/mol. The molecule has 2 aromatic rings. The number of nitrogens with two attached hydrogens (primary N) is 1. The van der Waals surface area contributed by atoms with Crippen LogP contribution < -0.4 is 15.8 Å². The van der Waals surface area contributed by atoms with Crippen molar-refractivity contribution in [1.29, 1.82) is 0 Å². The maximum absolute atomic E-state index is 5.92. The van der Waals surface area contributed by atoms with Gasteiger partial charge in [0.1, 0.15) is 11.6 Å². The summed E-state index contributed by atoms with van der Waals surface area (Å²) in [5, 5.41) is 3.43. The Morgan fingerprint density at radius 1 is 1.35 bits per heavy atom. The van der Waals surface area contributed by atoms with Crippen LogP contribution in [0, 0.1) is 0 Å². The first-order valence-corrected chi connectivity index (χ1v) is 7.02. The Morgan fingerprint density at radius 3 is 2.85 bits per heavy atom. The lowest BCUT2D eigenvalue weighted by atomic mass is 10.2. The van der Waals surface area contributed by atoms with E-state index in [1.54, 1.807) is 6.20 Å². The molecule has 108 valence electrons. The van der Waals surface area contributed by atoms with Crippen LogP contribution in [0.25, 0.3) is 0 Å². The molecule has 0 aliphatic carbocycles. The fourth-order valence-electron chi connectivity index (χ4n) is 2.04. The van der Waals surface area contributed by atoms with E-state index in [0.717, 1.165) is 30.1 Å². The average Bonchev–Trinajstić information content (AvgIpc) is 2.96. The standard InChI is InChI=1S/C15H22N4O/c1-3-7-20-13-9-11(16)8-12(10-13)19-14(4-2)15-17-5-6-18-15/h5-6,8-10,14,19H,3-4,7,16H2,1-2H3,(H,17,18). The molecule has 1 heterocycles. The monoisotopic (exact) mass is 274 g/mol. The molecule has 2 rings (SSSR count). The molecule has 4 N–H and O–H groups in total. The first-order chi connectivity index (χ1) is 9.72. The molecule has 0 spiro atoms. The first kappa shape index (κ1) is 14.2. The van der Waals surface area contributed by atoms with Crippen molar-refractivity contribution in [3.05, 3.63) is 36.4 Å². The lowest BCUT2D eigenvalue weighted by Crippen LogP contribution is -2.11. The van der Waals surface area contributed by atoms with Gasteiger partial charge in [-0.25, -0.2) is 4.98 Å². The topological polar surface area (TPSA) is 76.0 Å². The molecule has 0 amide bonds. The highest BCUT2D eigenvalue weighted by Gasteiger charge is 2.12. The largest absolute Gasteiger partial charge is 0.493 e. The fourth-order valence-corrected chi connectivity index (χ4v) is 2.04. The second-order valence-corrected chi connectivity index (χ2v) is 4.72. The van der Waals surface area contributed by atoms with Crippen LogP contribution in [-0.4, -0.2) is 16.6 Å². The number of hydrogen-bond donors (Lipinski definition) is 3. The summed E-state index contributed by atoms with van der Waals surface area (Å²) in [6.45, 7) is 4.88. The highest BCUT2D eigenvalue weighted by atomic mass is 16.5. The van der Waals surface area contributed by atoms with Gasteiger partial charge in [-0.3, -0.25) is 0 Å². The fraction of sp³-hybridized carbons (Fsp3) is 0.400. The van der Waals surface area contributed by atoms with E-state index in [0.29, 0.717) is 12.3 Å². The molecule has 0 fully saturated rings. The number of nitrogen functional groups attached to an aromatic ring is 1. The van der Waals surface area contributed by atoms with Gasteiger partial charge in [-0.1, -0.05) is 13.8 Å². The van der Waals surface area contributed by atoms with E-state index in [1.165, 1.54) is 0 Å². The minimum atomic E-state index is 0.130. The molecular weight excluding hydrogens is 252 g/mol. The summed E-state index contributed by atoms with van der Waals surface area (Å²) in [4.78, 5) is 7.43. The Bertz CT molecular complexity index is 525. The van der Waals surface area contributed by atoms with Crippen molar-refractivity contribution in [2.24, 2.45) is 0 Å². The average molecular weight is 274 g/mol. The highest BCUT2D eigenvalue weighted by Crippen LogP contribution is 2.26. The lowest BCUT2D eigenvalue weighted by molar-refractivity contribution is 0.318. The van der Waals surface area contributed by atoms with E-state index in [9.17, 15) is 0 Å². The van der Waals surface area contributed by atoms with Gasteiger partial charge in [0.05, 0.1) is 12.6 Å². The SMILES string of the molecule is CCCOc1cc(N)cc(NC(CC)c2ncc[nH]2)c1. The Morgan fingerprint density at radius 2 is 2.20 bits per heavy atom. The van der Waals surface area contributed by atoms with Crippen LogP contribution in [0.3, 0.4) is 0 Å². The minimum absolute atomic E-state index is 0.130. The lowest BCUT2D eigenvalue weighted by Gasteiger charge is -2.17. The molecule has 1 aromatic carbocycles. The number of benzene rings is 1. The molecule has 0 saturated carbocycles. The number of H-pyrrole nitrogens is 1. The second kappa shape index (κ2) is 6.84. The smallest absolute Gasteiger partial charge is 0.128 e. The summed E-state index contributed by atoms with van der Waals surface area (Å²) in [5.41, 5.74) is 7.56. The molecule has 0 saturated heterocycles. The molecule has 1 atom stereocenters. The van der Waals surface area contributed by atoms with Crippen molar-refractivity contribution in [2.45, 2.75) is 32.7 Å². The quantitative estimate of drug-likeness (QED) is 0.677. The van der Waals surface area contributed by atoms with Crippen molar-refractivity contribution in [2.75, 3.05) is 17.7 Å². The molecule has 0 aliphatic heterocycles. The van der Waals surface area contributed by atoms with E-state index in [1.807, 2.05) is 24.4 Å². The summed E-state index contributed by atoms with van der Waals surface area (Å²) in [5.74, 6) is 1.72. The van der Waals surface area contributed by atoms with Crippen molar-refractivity contribution >= 4 is 11.4 Å². The molecule has 0 bridgehead atoms. The van der Waals surface area contributed by atoms with Crippen molar-refractivity contribution < 1.29 is 4.74 Å². The van der Waals surface area contributed by atoms with Gasteiger partial charge in [0.15, 0.2) is 0 Å². The van der Waals surface area contributed by atoms with Gasteiger partial charge in [0, 0.05) is 35.9 Å². The van der Waals surface area contributed by atoms with Crippen molar-refractivity contribution in [1.82, 2.24) is 9.97 Å². The molecule has 1 unspecified atom stereocenters. The Balaban J connectivity index is 2.13. The maximum atomic E-state index is 5.92. The van der Waals surface area contributed by atoms with E-state index in [2.05, 4.69) is 29.1 Å². The first-order valence-electron chi connectivity index (χ1n) is 7.02. The number of rotatable bonds is 7. The molecule has 5 heteroatoms. The summed E-state index contributed by atoms with van der Waals surface area (Å²) in [7, 11) is 0. The van der Waals surface area contributed by atoms with Gasteiger partial charge in [0.25, 0.3) is 0 Å². The van der Waals surface area contributed by atoms with Crippen molar-refractivity contribution in [3.63, 3.8) is 0 Å². The molecule has 20 heavy (non-hydrogen) atoms. The summed E-state index contributed by atoms with van der Waals surface area (Å²) < 4.78 is 5.64. The predicted octanol–water partition coefficient (Wildman–Crippen LogP) is 3.34. The molecule has 1 aromatic heterocycles. The third-order valence-electron chi connectivity index (χ3n) is 3.00. The van der Waals surface area contributed by atoms with Gasteiger partial charge in [-0.15, -0.1) is 0 Å². The zero-order chi connectivity index (χ0) is 14.4. The van der Waals surface area contributed by atoms with Gasteiger partial charge in [-0.05, 0) is 18.9 Å². The van der Waals surface area contributed by atoms with E-state index in [4.69, 9.17) is 10.5 Å². The minimum Gasteiger partial charge on any atom is -0.493 e. The Kier molecular flexibility index (Phi) is 4.87. The van der Waals surface area contributed by atoms with Gasteiger partial charge in [-0.2, -0.15) is 0 Å². The zero-order valence-electron chi connectivity index (χ0n) is 12.0. The van der Waals surface area contributed by atoms with Gasteiger partial charge in [0.2, 0.25) is 0 Å². The normalized spacial score (nSPS) is 12.1. The number of ether oxygens (including phenoxy) is 1. The summed E-state index contributed by atoms with van der Waals surface area (Å²) >= 11 is 0. The number of nitrogens with one attached hydrogen (secondary N) is 2. The van der Waals surface area contributed by atoms with Crippen LogP contribution >= 0.6 is 0 Å².